The van der Waals surface area contributed by atoms with E-state index in [1.54, 1.807) is 0 Å². The van der Waals surface area contributed by atoms with Gasteiger partial charge in [0.15, 0.2) is 0 Å². The molecule has 0 saturated heterocycles. The maximum Gasteiger partial charge on any atom is 0.214 e. The zero-order chi connectivity index (χ0) is 10.5. The maximum absolute atomic E-state index is 12.9. The Morgan fingerprint density at radius 1 is 1.20 bits per heavy atom. The monoisotopic (exact) mass is 208 g/mol. The van der Waals surface area contributed by atoms with Crippen molar-refractivity contribution < 1.29 is 4.39 Å². The Hall–Kier alpha value is -1.12. The van der Waals surface area contributed by atoms with Crippen molar-refractivity contribution in [1.29, 1.82) is 0 Å². The number of aromatic nitrogens is 1. The molecule has 1 N–H and O–H groups in total. The predicted molar refractivity (Wildman–Crippen MR) is 59.3 cm³/mol. The average molecular weight is 208 g/mol. The molecule has 0 amide bonds. The topological polar surface area (TPSA) is 24.9 Å². The van der Waals surface area contributed by atoms with E-state index in [4.69, 9.17) is 0 Å². The van der Waals surface area contributed by atoms with Gasteiger partial charge in [-0.05, 0) is 18.9 Å². The fraction of sp³-hybridized carbons (Fsp3) is 0.583. The van der Waals surface area contributed by atoms with Crippen LogP contribution in [0.4, 0.5) is 10.1 Å². The molecule has 0 aromatic carbocycles. The average Bonchev–Trinajstić information content (AvgIpc) is 2.46. The summed E-state index contributed by atoms with van der Waals surface area (Å²) in [5.74, 6) is -0.409. The zero-order valence-corrected chi connectivity index (χ0v) is 8.88. The number of anilines is 1. The fourth-order valence-electron chi connectivity index (χ4n) is 2.15. The summed E-state index contributed by atoms with van der Waals surface area (Å²) >= 11 is 0. The van der Waals surface area contributed by atoms with E-state index in [-0.39, 0.29) is 0 Å². The van der Waals surface area contributed by atoms with Gasteiger partial charge in [0.1, 0.15) is 0 Å². The van der Waals surface area contributed by atoms with Gasteiger partial charge in [0.25, 0.3) is 0 Å². The first-order chi connectivity index (χ1) is 7.34. The van der Waals surface area contributed by atoms with Gasteiger partial charge in [0, 0.05) is 24.0 Å². The smallest absolute Gasteiger partial charge is 0.214 e. The number of halogens is 1. The van der Waals surface area contributed by atoms with Crippen LogP contribution in [0.5, 0.6) is 0 Å². The van der Waals surface area contributed by atoms with Gasteiger partial charge in [0.05, 0.1) is 0 Å². The van der Waals surface area contributed by atoms with Crippen LogP contribution in [0.25, 0.3) is 0 Å². The summed E-state index contributed by atoms with van der Waals surface area (Å²) < 4.78 is 12.9. The number of nitrogens with zero attached hydrogens (tertiary/aromatic N) is 1. The summed E-state index contributed by atoms with van der Waals surface area (Å²) in [7, 11) is 0. The molecule has 0 atom stereocenters. The van der Waals surface area contributed by atoms with Crippen molar-refractivity contribution in [3.05, 3.63) is 24.3 Å². The van der Waals surface area contributed by atoms with E-state index in [0.29, 0.717) is 6.04 Å². The second-order valence-corrected chi connectivity index (χ2v) is 4.20. The van der Waals surface area contributed by atoms with Crippen LogP contribution in [0.3, 0.4) is 0 Å². The fourth-order valence-corrected chi connectivity index (χ4v) is 2.15. The first kappa shape index (κ1) is 10.4. The van der Waals surface area contributed by atoms with Crippen molar-refractivity contribution in [2.75, 3.05) is 5.32 Å². The highest BCUT2D eigenvalue weighted by Crippen LogP contribution is 2.20. The minimum absolute atomic E-state index is 0.409. The van der Waals surface area contributed by atoms with Gasteiger partial charge < -0.3 is 5.32 Å². The van der Waals surface area contributed by atoms with Crippen molar-refractivity contribution in [3.8, 4) is 0 Å². The summed E-state index contributed by atoms with van der Waals surface area (Å²) in [6, 6.07) is 3.80. The Morgan fingerprint density at radius 2 is 1.93 bits per heavy atom. The van der Waals surface area contributed by atoms with Crippen LogP contribution < -0.4 is 5.32 Å². The van der Waals surface area contributed by atoms with Crippen molar-refractivity contribution in [2.24, 2.45) is 0 Å². The summed E-state index contributed by atoms with van der Waals surface area (Å²) in [6.45, 7) is 0. The molecule has 1 aromatic rings. The Morgan fingerprint density at radius 3 is 2.60 bits per heavy atom. The van der Waals surface area contributed by atoms with Gasteiger partial charge in [-0.2, -0.15) is 4.39 Å². The number of nitrogens with one attached hydrogen (secondary N) is 1. The van der Waals surface area contributed by atoms with Gasteiger partial charge in [-0.3, -0.25) is 0 Å². The molecule has 0 spiro atoms. The molecular formula is C12H17FN2. The van der Waals surface area contributed by atoms with E-state index >= 15 is 0 Å². The molecule has 2 nitrogen and oxygen atoms in total. The molecule has 1 aliphatic rings. The minimum Gasteiger partial charge on any atom is -0.382 e. The first-order valence-corrected chi connectivity index (χ1v) is 5.73. The molecule has 1 fully saturated rings. The molecule has 15 heavy (non-hydrogen) atoms. The lowest BCUT2D eigenvalue weighted by Gasteiger charge is -2.17. The summed E-state index contributed by atoms with van der Waals surface area (Å²) in [4.78, 5) is 3.54. The summed E-state index contributed by atoms with van der Waals surface area (Å²) in [5.41, 5.74) is 0.856. The number of pyridine rings is 1. The molecule has 1 saturated carbocycles. The Bertz CT molecular complexity index is 306. The normalized spacial score (nSPS) is 18.5. The molecular weight excluding hydrogens is 191 g/mol. The van der Waals surface area contributed by atoms with Crippen LogP contribution in [-0.2, 0) is 0 Å². The van der Waals surface area contributed by atoms with Gasteiger partial charge in [-0.25, -0.2) is 4.98 Å². The third-order valence-corrected chi connectivity index (χ3v) is 2.95. The number of hydrogen-bond acceptors (Lipinski definition) is 2. The predicted octanol–water partition coefficient (Wildman–Crippen LogP) is 3.36. The Balaban J connectivity index is 1.95. The molecule has 0 unspecified atom stereocenters. The molecule has 2 rings (SSSR count). The lowest BCUT2D eigenvalue weighted by Crippen LogP contribution is -2.18. The minimum atomic E-state index is -0.409. The van der Waals surface area contributed by atoms with Crippen molar-refractivity contribution in [2.45, 2.75) is 44.6 Å². The van der Waals surface area contributed by atoms with Crippen molar-refractivity contribution >= 4 is 5.69 Å². The summed E-state index contributed by atoms with van der Waals surface area (Å²) in [6.07, 6.45) is 9.14. The Kier molecular flexibility index (Phi) is 3.54. The van der Waals surface area contributed by atoms with Crippen LogP contribution in [-0.4, -0.2) is 11.0 Å². The molecule has 82 valence electrons. The van der Waals surface area contributed by atoms with Crippen molar-refractivity contribution in [3.63, 3.8) is 0 Å². The molecule has 3 heteroatoms. The van der Waals surface area contributed by atoms with Gasteiger partial charge in [0.2, 0.25) is 5.95 Å². The van der Waals surface area contributed by atoms with Crippen LogP contribution in [0.15, 0.2) is 18.3 Å². The van der Waals surface area contributed by atoms with E-state index in [2.05, 4.69) is 10.3 Å². The third kappa shape index (κ3) is 3.18. The summed E-state index contributed by atoms with van der Waals surface area (Å²) in [5, 5.41) is 3.38. The standard InChI is InChI=1S/C12H17FN2/c13-12-9-11(7-8-14-12)15-10-5-3-1-2-4-6-10/h7-10H,1-6H2,(H,14,15). The lowest BCUT2D eigenvalue weighted by atomic mass is 10.1. The highest BCUT2D eigenvalue weighted by Gasteiger charge is 2.11. The molecule has 1 aromatic heterocycles. The molecule has 1 aliphatic carbocycles. The second kappa shape index (κ2) is 5.10. The number of rotatable bonds is 2. The Labute approximate surface area is 89.9 Å². The van der Waals surface area contributed by atoms with Crippen molar-refractivity contribution in [1.82, 2.24) is 4.98 Å². The second-order valence-electron chi connectivity index (χ2n) is 4.20. The SMILES string of the molecule is Fc1cc(NC2CCCCCC2)ccn1. The lowest BCUT2D eigenvalue weighted by molar-refractivity contribution is 0.581. The van der Waals surface area contributed by atoms with E-state index in [0.717, 1.165) is 5.69 Å². The zero-order valence-electron chi connectivity index (χ0n) is 8.88. The van der Waals surface area contributed by atoms with Gasteiger partial charge in [-0.15, -0.1) is 0 Å². The van der Waals surface area contributed by atoms with Gasteiger partial charge >= 0.3 is 0 Å². The third-order valence-electron chi connectivity index (χ3n) is 2.95. The van der Waals surface area contributed by atoms with Crippen LogP contribution in [0.2, 0.25) is 0 Å². The maximum atomic E-state index is 12.9. The van der Waals surface area contributed by atoms with E-state index in [1.807, 2.05) is 6.07 Å². The van der Waals surface area contributed by atoms with E-state index < -0.39 is 5.95 Å². The number of hydrogen-bond donors (Lipinski definition) is 1. The highest BCUT2D eigenvalue weighted by atomic mass is 19.1. The molecule has 1 heterocycles. The van der Waals surface area contributed by atoms with Crippen LogP contribution in [0, 0.1) is 5.95 Å². The molecule has 0 aliphatic heterocycles. The largest absolute Gasteiger partial charge is 0.382 e. The molecule has 0 radical (unpaired) electrons. The van der Waals surface area contributed by atoms with Crippen LogP contribution in [0.1, 0.15) is 38.5 Å². The highest BCUT2D eigenvalue weighted by molar-refractivity contribution is 5.42. The quantitative estimate of drug-likeness (QED) is 0.595. The molecule has 0 bridgehead atoms. The van der Waals surface area contributed by atoms with Crippen LogP contribution >= 0.6 is 0 Å². The van der Waals surface area contributed by atoms with E-state index in [1.165, 1.54) is 50.8 Å². The van der Waals surface area contributed by atoms with Gasteiger partial charge in [-0.1, -0.05) is 25.7 Å². The van der Waals surface area contributed by atoms with E-state index in [9.17, 15) is 4.39 Å². The first-order valence-electron chi connectivity index (χ1n) is 5.73.